The van der Waals surface area contributed by atoms with E-state index in [0.29, 0.717) is 0 Å². The molecule has 0 aromatic carbocycles. The van der Waals surface area contributed by atoms with Gasteiger partial charge in [0.1, 0.15) is 5.54 Å². The second kappa shape index (κ2) is 3.03. The minimum Gasteiger partial charge on any atom is -0.294 e. The first-order valence-electron chi connectivity index (χ1n) is 3.98. The van der Waals surface area contributed by atoms with Crippen molar-refractivity contribution in [2.24, 2.45) is 0 Å². The van der Waals surface area contributed by atoms with Gasteiger partial charge in [0.2, 0.25) is 21.8 Å². The molecule has 1 rings (SSSR count). The minimum absolute atomic E-state index is 0.308. The number of amides is 2. The lowest BCUT2D eigenvalue weighted by Crippen LogP contribution is -2.65. The molecule has 0 aliphatic carbocycles. The molecule has 6 nitrogen and oxygen atoms in total. The molecule has 0 aromatic rings. The predicted molar refractivity (Wildman–Crippen MR) is 48.8 cm³/mol. The summed E-state index contributed by atoms with van der Waals surface area (Å²) < 4.78 is 23.5. The Hall–Kier alpha value is -0.950. The number of nitrogens with zero attached hydrogens (tertiary/aromatic N) is 1. The molecule has 14 heavy (non-hydrogen) atoms. The number of hydrogen-bond donors (Lipinski definition) is 1. The zero-order chi connectivity index (χ0) is 11.1. The fourth-order valence-electron chi connectivity index (χ4n) is 1.29. The SMILES string of the molecule is CC1(C)C(=O)NC(=O)CN1S(C)(=O)=O. The van der Waals surface area contributed by atoms with Gasteiger partial charge in [-0.2, -0.15) is 4.31 Å². The number of carbonyl (C=O) groups is 2. The normalized spacial score (nSPS) is 23.4. The van der Waals surface area contributed by atoms with Gasteiger partial charge in [-0.05, 0) is 13.8 Å². The maximum atomic E-state index is 11.3. The summed E-state index contributed by atoms with van der Waals surface area (Å²) in [6, 6.07) is 0. The number of rotatable bonds is 1. The van der Waals surface area contributed by atoms with Gasteiger partial charge in [-0.3, -0.25) is 14.9 Å². The Labute approximate surface area is 82.3 Å². The van der Waals surface area contributed by atoms with Crippen LogP contribution in [-0.2, 0) is 19.6 Å². The Morgan fingerprint density at radius 2 is 1.86 bits per heavy atom. The van der Waals surface area contributed by atoms with Gasteiger partial charge in [0.05, 0.1) is 12.8 Å². The van der Waals surface area contributed by atoms with Gasteiger partial charge < -0.3 is 0 Å². The van der Waals surface area contributed by atoms with Crippen molar-refractivity contribution in [2.75, 3.05) is 12.8 Å². The lowest BCUT2D eigenvalue weighted by Gasteiger charge is -2.37. The van der Waals surface area contributed by atoms with E-state index in [4.69, 9.17) is 0 Å². The van der Waals surface area contributed by atoms with Gasteiger partial charge in [-0.25, -0.2) is 8.42 Å². The topological polar surface area (TPSA) is 83.6 Å². The molecule has 7 heteroatoms. The number of imide groups is 1. The Morgan fingerprint density at radius 1 is 1.36 bits per heavy atom. The molecule has 0 atom stereocenters. The lowest BCUT2D eigenvalue weighted by atomic mass is 10.0. The minimum atomic E-state index is -3.55. The quantitative estimate of drug-likeness (QED) is 0.556. The van der Waals surface area contributed by atoms with Crippen LogP contribution in [0.1, 0.15) is 13.8 Å². The third-order valence-electron chi connectivity index (χ3n) is 2.12. The molecule has 1 heterocycles. The summed E-state index contributed by atoms with van der Waals surface area (Å²) in [5, 5.41) is 2.09. The fraction of sp³-hybridized carbons (Fsp3) is 0.714. The van der Waals surface area contributed by atoms with Crippen molar-refractivity contribution in [3.8, 4) is 0 Å². The molecule has 0 aromatic heterocycles. The Bertz CT molecular complexity index is 384. The van der Waals surface area contributed by atoms with Gasteiger partial charge in [0, 0.05) is 0 Å². The summed E-state index contributed by atoms with van der Waals surface area (Å²) in [6.07, 6.45) is 0.973. The van der Waals surface area contributed by atoms with Crippen molar-refractivity contribution < 1.29 is 18.0 Å². The molecule has 0 saturated carbocycles. The van der Waals surface area contributed by atoms with Crippen molar-refractivity contribution in [3.63, 3.8) is 0 Å². The second-order valence-electron chi connectivity index (χ2n) is 3.71. The molecular weight excluding hydrogens is 208 g/mol. The number of hydrogen-bond acceptors (Lipinski definition) is 4. The van der Waals surface area contributed by atoms with E-state index >= 15 is 0 Å². The molecule has 80 valence electrons. The van der Waals surface area contributed by atoms with E-state index in [0.717, 1.165) is 10.6 Å². The monoisotopic (exact) mass is 220 g/mol. The summed E-state index contributed by atoms with van der Waals surface area (Å²) in [5.74, 6) is -1.20. The van der Waals surface area contributed by atoms with Gasteiger partial charge in [0.25, 0.3) is 0 Å². The summed E-state index contributed by atoms with van der Waals surface area (Å²) in [6.45, 7) is 2.60. The number of piperazine rings is 1. The average molecular weight is 220 g/mol. The standard InChI is InChI=1S/C7H12N2O4S/c1-7(2)6(11)8-5(10)4-9(7)14(3,12)13/h4H2,1-3H3,(H,8,10,11). The zero-order valence-corrected chi connectivity index (χ0v) is 9.01. The largest absolute Gasteiger partial charge is 0.294 e. The lowest BCUT2D eigenvalue weighted by molar-refractivity contribution is -0.141. The predicted octanol–water partition coefficient (Wildman–Crippen LogP) is -1.32. The Balaban J connectivity index is 3.16. The van der Waals surface area contributed by atoms with Crippen LogP contribution >= 0.6 is 0 Å². The van der Waals surface area contributed by atoms with Crippen LogP contribution in [0.25, 0.3) is 0 Å². The number of carbonyl (C=O) groups excluding carboxylic acids is 2. The maximum absolute atomic E-state index is 11.3. The van der Waals surface area contributed by atoms with Crippen molar-refractivity contribution in [3.05, 3.63) is 0 Å². The van der Waals surface area contributed by atoms with E-state index in [-0.39, 0.29) is 6.54 Å². The van der Waals surface area contributed by atoms with E-state index in [1.54, 1.807) is 0 Å². The van der Waals surface area contributed by atoms with Crippen LogP contribution in [0.3, 0.4) is 0 Å². The fourth-order valence-corrected chi connectivity index (χ4v) is 2.56. The summed E-state index contributed by atoms with van der Waals surface area (Å²) in [7, 11) is -3.55. The Morgan fingerprint density at radius 3 is 2.29 bits per heavy atom. The first-order valence-corrected chi connectivity index (χ1v) is 5.82. The highest BCUT2D eigenvalue weighted by Crippen LogP contribution is 2.20. The molecule has 1 fully saturated rings. The van der Waals surface area contributed by atoms with Crippen LogP contribution < -0.4 is 5.32 Å². The molecule has 0 bridgehead atoms. The number of nitrogens with one attached hydrogen (secondary N) is 1. The van der Waals surface area contributed by atoms with Gasteiger partial charge in [-0.1, -0.05) is 0 Å². The van der Waals surface area contributed by atoms with Crippen LogP contribution in [0.4, 0.5) is 0 Å². The molecule has 2 amide bonds. The summed E-state index contributed by atoms with van der Waals surface area (Å²) in [5.41, 5.74) is -1.21. The van der Waals surface area contributed by atoms with Gasteiger partial charge >= 0.3 is 0 Å². The van der Waals surface area contributed by atoms with E-state index in [2.05, 4.69) is 5.32 Å². The molecule has 1 aliphatic heterocycles. The summed E-state index contributed by atoms with van der Waals surface area (Å²) in [4.78, 5) is 22.3. The van der Waals surface area contributed by atoms with Crippen molar-refractivity contribution >= 4 is 21.8 Å². The smallest absolute Gasteiger partial charge is 0.247 e. The zero-order valence-electron chi connectivity index (χ0n) is 8.20. The van der Waals surface area contributed by atoms with Crippen LogP contribution in [0.15, 0.2) is 0 Å². The molecule has 0 spiro atoms. The first kappa shape index (κ1) is 11.1. The third kappa shape index (κ3) is 1.78. The van der Waals surface area contributed by atoms with Crippen LogP contribution in [0.2, 0.25) is 0 Å². The number of sulfonamides is 1. The first-order chi connectivity index (χ1) is 6.15. The maximum Gasteiger partial charge on any atom is 0.247 e. The van der Waals surface area contributed by atoms with Crippen molar-refractivity contribution in [1.29, 1.82) is 0 Å². The summed E-state index contributed by atoms with van der Waals surface area (Å²) >= 11 is 0. The molecular formula is C7H12N2O4S. The van der Waals surface area contributed by atoms with E-state index < -0.39 is 27.4 Å². The third-order valence-corrected chi connectivity index (χ3v) is 3.51. The van der Waals surface area contributed by atoms with Crippen molar-refractivity contribution in [2.45, 2.75) is 19.4 Å². The van der Waals surface area contributed by atoms with Gasteiger partial charge in [0.15, 0.2) is 0 Å². The molecule has 1 N–H and O–H groups in total. The van der Waals surface area contributed by atoms with Crippen LogP contribution in [0, 0.1) is 0 Å². The van der Waals surface area contributed by atoms with Crippen LogP contribution in [-0.4, -0.2) is 42.9 Å². The highest BCUT2D eigenvalue weighted by atomic mass is 32.2. The highest BCUT2D eigenvalue weighted by molar-refractivity contribution is 7.88. The van der Waals surface area contributed by atoms with E-state index in [1.165, 1.54) is 13.8 Å². The molecule has 1 saturated heterocycles. The second-order valence-corrected chi connectivity index (χ2v) is 5.61. The highest BCUT2D eigenvalue weighted by Gasteiger charge is 2.45. The molecule has 0 radical (unpaired) electrons. The average Bonchev–Trinajstić information content (AvgIpc) is 1.95. The van der Waals surface area contributed by atoms with E-state index in [9.17, 15) is 18.0 Å². The molecule has 1 aliphatic rings. The Kier molecular flexibility index (Phi) is 2.41. The van der Waals surface area contributed by atoms with Crippen molar-refractivity contribution in [1.82, 2.24) is 9.62 Å². The van der Waals surface area contributed by atoms with Crippen LogP contribution in [0.5, 0.6) is 0 Å². The van der Waals surface area contributed by atoms with E-state index in [1.807, 2.05) is 0 Å². The van der Waals surface area contributed by atoms with Gasteiger partial charge in [-0.15, -0.1) is 0 Å². The molecule has 0 unspecified atom stereocenters.